The Morgan fingerprint density at radius 1 is 1.27 bits per heavy atom. The minimum atomic E-state index is -0.434. The van der Waals surface area contributed by atoms with E-state index in [9.17, 15) is 4.79 Å². The average Bonchev–Trinajstić information content (AvgIpc) is 2.63. The molecule has 0 aromatic heterocycles. The lowest BCUT2D eigenvalue weighted by molar-refractivity contribution is -0.166. The first kappa shape index (κ1) is 12.5. The fourth-order valence-corrected chi connectivity index (χ4v) is 1.70. The van der Waals surface area contributed by atoms with Gasteiger partial charge in [0.05, 0.1) is 12.0 Å². The molecule has 0 N–H and O–H groups in total. The summed E-state index contributed by atoms with van der Waals surface area (Å²) in [5.41, 5.74) is -0.434. The van der Waals surface area contributed by atoms with Crippen LogP contribution in [0.2, 0.25) is 0 Å². The molecule has 1 rings (SSSR count). The minimum Gasteiger partial charge on any atom is -0.438 e. The lowest BCUT2D eigenvalue weighted by Gasteiger charge is -2.17. The maximum absolute atomic E-state index is 11.4. The van der Waals surface area contributed by atoms with Gasteiger partial charge < -0.3 is 9.47 Å². The zero-order valence-corrected chi connectivity index (χ0v) is 10.0. The summed E-state index contributed by atoms with van der Waals surface area (Å²) >= 11 is 0. The van der Waals surface area contributed by atoms with E-state index >= 15 is 0 Å². The van der Waals surface area contributed by atoms with Crippen molar-refractivity contribution in [2.24, 2.45) is 11.3 Å². The summed E-state index contributed by atoms with van der Waals surface area (Å²) < 4.78 is 10.3. The first-order valence-electron chi connectivity index (χ1n) is 5.75. The summed E-state index contributed by atoms with van der Waals surface area (Å²) in [7, 11) is 0. The van der Waals surface area contributed by atoms with E-state index in [2.05, 4.69) is 0 Å². The Morgan fingerprint density at radius 2 is 1.87 bits per heavy atom. The fourth-order valence-electron chi connectivity index (χ4n) is 1.70. The predicted molar refractivity (Wildman–Crippen MR) is 58.3 cm³/mol. The van der Waals surface area contributed by atoms with Crippen LogP contribution < -0.4 is 0 Å². The molecule has 3 nitrogen and oxygen atoms in total. The maximum Gasteiger partial charge on any atom is 0.313 e. The second-order valence-electron chi connectivity index (χ2n) is 5.32. The molecule has 15 heavy (non-hydrogen) atoms. The van der Waals surface area contributed by atoms with Crippen molar-refractivity contribution in [3.05, 3.63) is 0 Å². The van der Waals surface area contributed by atoms with Crippen molar-refractivity contribution in [3.63, 3.8) is 0 Å². The highest BCUT2D eigenvalue weighted by molar-refractivity contribution is 5.75. The van der Waals surface area contributed by atoms with Gasteiger partial charge in [-0.2, -0.15) is 0 Å². The zero-order valence-electron chi connectivity index (χ0n) is 10.0. The highest BCUT2D eigenvalue weighted by atomic mass is 16.7. The van der Waals surface area contributed by atoms with E-state index in [4.69, 9.17) is 9.47 Å². The molecule has 0 bridgehead atoms. The Bertz CT molecular complexity index is 199. The monoisotopic (exact) mass is 214 g/mol. The average molecular weight is 214 g/mol. The van der Waals surface area contributed by atoms with Crippen molar-refractivity contribution in [2.45, 2.75) is 46.5 Å². The van der Waals surface area contributed by atoms with Crippen molar-refractivity contribution in [1.29, 1.82) is 0 Å². The quantitative estimate of drug-likeness (QED) is 0.410. The van der Waals surface area contributed by atoms with Crippen LogP contribution in [0.4, 0.5) is 0 Å². The summed E-state index contributed by atoms with van der Waals surface area (Å²) in [6.45, 7) is 6.36. The highest BCUT2D eigenvalue weighted by Crippen LogP contribution is 2.24. The van der Waals surface area contributed by atoms with Gasteiger partial charge in [-0.25, -0.2) is 0 Å². The molecule has 0 aliphatic heterocycles. The zero-order chi connectivity index (χ0) is 11.3. The van der Waals surface area contributed by atoms with Crippen LogP contribution in [0.5, 0.6) is 0 Å². The first-order valence-corrected chi connectivity index (χ1v) is 5.75. The SMILES string of the molecule is CC(C)(C)C(=O)OCOCC1CCCC1. The Balaban J connectivity index is 2.03. The molecule has 3 heteroatoms. The Kier molecular flexibility index (Phi) is 4.58. The van der Waals surface area contributed by atoms with Gasteiger partial charge in [0.2, 0.25) is 0 Å². The standard InChI is InChI=1S/C12H22O3/c1-12(2,3)11(13)15-9-14-8-10-6-4-5-7-10/h10H,4-9H2,1-3H3. The van der Waals surface area contributed by atoms with Gasteiger partial charge in [0.15, 0.2) is 6.79 Å². The largest absolute Gasteiger partial charge is 0.438 e. The van der Waals surface area contributed by atoms with E-state index in [-0.39, 0.29) is 12.8 Å². The topological polar surface area (TPSA) is 35.5 Å². The molecule has 0 aromatic carbocycles. The molecular formula is C12H22O3. The molecule has 0 atom stereocenters. The molecule has 0 radical (unpaired) electrons. The number of carbonyl (C=O) groups is 1. The van der Waals surface area contributed by atoms with Crippen LogP contribution in [0.3, 0.4) is 0 Å². The Hall–Kier alpha value is -0.570. The molecule has 1 aliphatic rings. The number of esters is 1. The van der Waals surface area contributed by atoms with Gasteiger partial charge in [-0.1, -0.05) is 12.8 Å². The number of carbonyl (C=O) groups excluding carboxylic acids is 1. The molecule has 0 amide bonds. The lowest BCUT2D eigenvalue weighted by atomic mass is 9.98. The summed E-state index contributed by atoms with van der Waals surface area (Å²) in [6.07, 6.45) is 5.14. The van der Waals surface area contributed by atoms with Crippen molar-refractivity contribution >= 4 is 5.97 Å². The molecular weight excluding hydrogens is 192 g/mol. The van der Waals surface area contributed by atoms with Crippen molar-refractivity contribution in [3.8, 4) is 0 Å². The summed E-state index contributed by atoms with van der Waals surface area (Å²) in [6, 6.07) is 0. The maximum atomic E-state index is 11.4. The highest BCUT2D eigenvalue weighted by Gasteiger charge is 2.23. The molecule has 0 unspecified atom stereocenters. The number of ether oxygens (including phenoxy) is 2. The lowest BCUT2D eigenvalue weighted by Crippen LogP contribution is -2.24. The predicted octanol–water partition coefficient (Wildman–Crippen LogP) is 2.74. The molecule has 0 saturated heterocycles. The van der Waals surface area contributed by atoms with E-state index in [1.807, 2.05) is 20.8 Å². The van der Waals surface area contributed by atoms with Gasteiger partial charge in [0.25, 0.3) is 0 Å². The fraction of sp³-hybridized carbons (Fsp3) is 0.917. The van der Waals surface area contributed by atoms with E-state index < -0.39 is 5.41 Å². The number of rotatable bonds is 4. The van der Waals surface area contributed by atoms with Crippen LogP contribution >= 0.6 is 0 Å². The van der Waals surface area contributed by atoms with Crippen molar-refractivity contribution in [1.82, 2.24) is 0 Å². The molecule has 1 saturated carbocycles. The summed E-state index contributed by atoms with van der Waals surface area (Å²) in [5.74, 6) is 0.479. The van der Waals surface area contributed by atoms with Crippen LogP contribution in [-0.2, 0) is 14.3 Å². The molecule has 88 valence electrons. The van der Waals surface area contributed by atoms with Gasteiger partial charge in [-0.15, -0.1) is 0 Å². The van der Waals surface area contributed by atoms with Gasteiger partial charge in [-0.05, 0) is 39.5 Å². The summed E-state index contributed by atoms with van der Waals surface area (Å²) in [4.78, 5) is 11.4. The third kappa shape index (κ3) is 4.65. The van der Waals surface area contributed by atoms with Crippen LogP contribution in [-0.4, -0.2) is 19.4 Å². The van der Waals surface area contributed by atoms with Crippen molar-refractivity contribution < 1.29 is 14.3 Å². The summed E-state index contributed by atoms with van der Waals surface area (Å²) in [5, 5.41) is 0. The normalized spacial score (nSPS) is 18.1. The van der Waals surface area contributed by atoms with E-state index in [1.54, 1.807) is 0 Å². The second kappa shape index (κ2) is 5.50. The van der Waals surface area contributed by atoms with Crippen LogP contribution in [0.15, 0.2) is 0 Å². The second-order valence-corrected chi connectivity index (χ2v) is 5.32. The van der Waals surface area contributed by atoms with Crippen LogP contribution in [0.25, 0.3) is 0 Å². The first-order chi connectivity index (χ1) is 7.00. The van der Waals surface area contributed by atoms with Crippen molar-refractivity contribution in [2.75, 3.05) is 13.4 Å². The minimum absolute atomic E-state index is 0.104. The Morgan fingerprint density at radius 3 is 2.40 bits per heavy atom. The van der Waals surface area contributed by atoms with Crippen LogP contribution in [0, 0.1) is 11.3 Å². The molecule has 0 aromatic rings. The van der Waals surface area contributed by atoms with Gasteiger partial charge in [0.1, 0.15) is 0 Å². The van der Waals surface area contributed by atoms with Gasteiger partial charge in [-0.3, -0.25) is 4.79 Å². The Labute approximate surface area is 92.1 Å². The van der Waals surface area contributed by atoms with E-state index in [1.165, 1.54) is 25.7 Å². The van der Waals surface area contributed by atoms with Gasteiger partial charge in [0, 0.05) is 0 Å². The molecule has 0 spiro atoms. The van der Waals surface area contributed by atoms with Crippen LogP contribution in [0.1, 0.15) is 46.5 Å². The molecule has 1 fully saturated rings. The van der Waals surface area contributed by atoms with Gasteiger partial charge >= 0.3 is 5.97 Å². The third-order valence-corrected chi connectivity index (χ3v) is 2.71. The molecule has 0 heterocycles. The molecule has 1 aliphatic carbocycles. The number of hydrogen-bond donors (Lipinski definition) is 0. The number of hydrogen-bond acceptors (Lipinski definition) is 3. The smallest absolute Gasteiger partial charge is 0.313 e. The van der Waals surface area contributed by atoms with E-state index in [0.29, 0.717) is 5.92 Å². The van der Waals surface area contributed by atoms with E-state index in [0.717, 1.165) is 6.61 Å². The third-order valence-electron chi connectivity index (χ3n) is 2.71.